The standard InChI is InChI=1S/C12H12N2O4/c1-2-12(5-9(15)14-11(12)18)8-4-3-7(6-13-8)10(16)17/h3-4,6H,2,5H2,1H3,(H,16,17)(H,14,15,18). The van der Waals surface area contributed by atoms with Crippen molar-refractivity contribution in [3.05, 3.63) is 29.6 Å². The highest BCUT2D eigenvalue weighted by Gasteiger charge is 2.47. The lowest BCUT2D eigenvalue weighted by Gasteiger charge is -2.22. The van der Waals surface area contributed by atoms with E-state index in [1.54, 1.807) is 6.92 Å². The molecule has 1 aromatic heterocycles. The van der Waals surface area contributed by atoms with Gasteiger partial charge >= 0.3 is 5.97 Å². The summed E-state index contributed by atoms with van der Waals surface area (Å²) < 4.78 is 0. The number of carbonyl (C=O) groups is 3. The average Bonchev–Trinajstić information content (AvgIpc) is 2.65. The second kappa shape index (κ2) is 4.21. The molecule has 1 fully saturated rings. The van der Waals surface area contributed by atoms with Gasteiger partial charge in [0.1, 0.15) is 5.41 Å². The van der Waals surface area contributed by atoms with E-state index in [1.807, 2.05) is 0 Å². The molecule has 0 radical (unpaired) electrons. The van der Waals surface area contributed by atoms with Gasteiger partial charge in [-0.15, -0.1) is 0 Å². The zero-order valence-corrected chi connectivity index (χ0v) is 9.77. The number of rotatable bonds is 3. The Kier molecular flexibility index (Phi) is 2.86. The third-order valence-electron chi connectivity index (χ3n) is 3.25. The van der Waals surface area contributed by atoms with E-state index in [0.717, 1.165) is 0 Å². The van der Waals surface area contributed by atoms with E-state index in [4.69, 9.17) is 5.11 Å². The van der Waals surface area contributed by atoms with Crippen molar-refractivity contribution in [1.29, 1.82) is 0 Å². The number of aromatic nitrogens is 1. The van der Waals surface area contributed by atoms with Gasteiger partial charge in [0, 0.05) is 12.6 Å². The minimum atomic E-state index is -1.08. The molecule has 0 bridgehead atoms. The number of imide groups is 1. The van der Waals surface area contributed by atoms with Crippen molar-refractivity contribution < 1.29 is 19.5 Å². The number of carboxylic acid groups (broad SMARTS) is 1. The summed E-state index contributed by atoms with van der Waals surface area (Å²) >= 11 is 0. The van der Waals surface area contributed by atoms with E-state index >= 15 is 0 Å². The molecule has 1 unspecified atom stereocenters. The Hall–Kier alpha value is -2.24. The van der Waals surface area contributed by atoms with E-state index in [0.29, 0.717) is 12.1 Å². The van der Waals surface area contributed by atoms with Crippen LogP contribution in [0.4, 0.5) is 0 Å². The Bertz CT molecular complexity index is 523. The van der Waals surface area contributed by atoms with Gasteiger partial charge in [0.15, 0.2) is 0 Å². The highest BCUT2D eigenvalue weighted by atomic mass is 16.4. The summed E-state index contributed by atoms with van der Waals surface area (Å²) in [6.07, 6.45) is 1.69. The molecular weight excluding hydrogens is 236 g/mol. The molecule has 0 spiro atoms. The Labute approximate surface area is 103 Å². The highest BCUT2D eigenvalue weighted by Crippen LogP contribution is 2.34. The Morgan fingerprint density at radius 2 is 2.22 bits per heavy atom. The van der Waals surface area contributed by atoms with Crippen molar-refractivity contribution in [2.45, 2.75) is 25.2 Å². The molecule has 2 amide bonds. The van der Waals surface area contributed by atoms with Crippen molar-refractivity contribution in [3.8, 4) is 0 Å². The number of nitrogens with zero attached hydrogens (tertiary/aromatic N) is 1. The maximum Gasteiger partial charge on any atom is 0.337 e. The zero-order valence-electron chi connectivity index (χ0n) is 9.77. The van der Waals surface area contributed by atoms with Crippen LogP contribution in [-0.4, -0.2) is 27.9 Å². The summed E-state index contributed by atoms with van der Waals surface area (Å²) in [5.41, 5.74) is -0.484. The van der Waals surface area contributed by atoms with Gasteiger partial charge < -0.3 is 5.11 Å². The van der Waals surface area contributed by atoms with Crippen LogP contribution in [0.2, 0.25) is 0 Å². The predicted molar refractivity (Wildman–Crippen MR) is 60.9 cm³/mol. The van der Waals surface area contributed by atoms with Crippen LogP contribution in [0.5, 0.6) is 0 Å². The van der Waals surface area contributed by atoms with Gasteiger partial charge in [-0.3, -0.25) is 19.9 Å². The first-order valence-electron chi connectivity index (χ1n) is 5.53. The SMILES string of the molecule is CCC1(c2ccc(C(=O)O)cn2)CC(=O)NC1=O. The molecule has 1 saturated heterocycles. The number of pyridine rings is 1. The van der Waals surface area contributed by atoms with Gasteiger partial charge in [0.2, 0.25) is 11.8 Å². The largest absolute Gasteiger partial charge is 0.478 e. The third kappa shape index (κ3) is 1.75. The van der Waals surface area contributed by atoms with Crippen molar-refractivity contribution in [1.82, 2.24) is 10.3 Å². The first-order valence-corrected chi connectivity index (χ1v) is 5.53. The van der Waals surface area contributed by atoms with Gasteiger partial charge in [-0.2, -0.15) is 0 Å². The van der Waals surface area contributed by atoms with E-state index < -0.39 is 11.4 Å². The second-order valence-corrected chi connectivity index (χ2v) is 4.23. The van der Waals surface area contributed by atoms with Crippen LogP contribution >= 0.6 is 0 Å². The molecule has 0 aromatic carbocycles. The molecule has 1 aromatic rings. The lowest BCUT2D eigenvalue weighted by Crippen LogP contribution is -2.35. The summed E-state index contributed by atoms with van der Waals surface area (Å²) in [5.74, 6) is -1.77. The summed E-state index contributed by atoms with van der Waals surface area (Å²) in [6, 6.07) is 2.88. The quantitative estimate of drug-likeness (QED) is 0.758. The average molecular weight is 248 g/mol. The Morgan fingerprint density at radius 3 is 2.61 bits per heavy atom. The number of hydrogen-bond donors (Lipinski definition) is 2. The van der Waals surface area contributed by atoms with Crippen LogP contribution in [0.3, 0.4) is 0 Å². The lowest BCUT2D eigenvalue weighted by atomic mass is 9.79. The Balaban J connectivity index is 2.42. The third-order valence-corrected chi connectivity index (χ3v) is 3.25. The minimum Gasteiger partial charge on any atom is -0.478 e. The molecule has 94 valence electrons. The molecule has 1 aliphatic rings. The molecule has 6 heteroatoms. The number of aromatic carboxylic acids is 1. The monoisotopic (exact) mass is 248 g/mol. The smallest absolute Gasteiger partial charge is 0.337 e. The normalized spacial score (nSPS) is 22.9. The van der Waals surface area contributed by atoms with E-state index in [1.165, 1.54) is 18.3 Å². The van der Waals surface area contributed by atoms with Gasteiger partial charge in [0.05, 0.1) is 11.3 Å². The van der Waals surface area contributed by atoms with Gasteiger partial charge in [0.25, 0.3) is 0 Å². The van der Waals surface area contributed by atoms with Crippen molar-refractivity contribution in [2.75, 3.05) is 0 Å². The highest BCUT2D eigenvalue weighted by molar-refractivity contribution is 6.08. The molecule has 0 aliphatic carbocycles. The molecule has 2 heterocycles. The molecule has 2 N–H and O–H groups in total. The molecule has 0 saturated carbocycles. The number of amides is 2. The maximum absolute atomic E-state index is 11.9. The van der Waals surface area contributed by atoms with Crippen LogP contribution in [-0.2, 0) is 15.0 Å². The van der Waals surface area contributed by atoms with Gasteiger partial charge in [-0.05, 0) is 18.6 Å². The molecule has 1 aliphatic heterocycles. The first kappa shape index (κ1) is 12.2. The molecule has 2 rings (SSSR count). The van der Waals surface area contributed by atoms with Crippen LogP contribution in [0.25, 0.3) is 0 Å². The van der Waals surface area contributed by atoms with Crippen LogP contribution in [0.15, 0.2) is 18.3 Å². The Morgan fingerprint density at radius 1 is 1.50 bits per heavy atom. The van der Waals surface area contributed by atoms with Crippen LogP contribution < -0.4 is 5.32 Å². The molecule has 6 nitrogen and oxygen atoms in total. The fourth-order valence-corrected chi connectivity index (χ4v) is 2.12. The topological polar surface area (TPSA) is 96.4 Å². The maximum atomic E-state index is 11.9. The summed E-state index contributed by atoms with van der Waals surface area (Å²) in [6.45, 7) is 1.80. The summed E-state index contributed by atoms with van der Waals surface area (Å²) in [5, 5.41) is 11.0. The summed E-state index contributed by atoms with van der Waals surface area (Å²) in [7, 11) is 0. The van der Waals surface area contributed by atoms with E-state index in [-0.39, 0.29) is 23.8 Å². The number of nitrogens with one attached hydrogen (secondary N) is 1. The molecule has 18 heavy (non-hydrogen) atoms. The number of hydrogen-bond acceptors (Lipinski definition) is 4. The second-order valence-electron chi connectivity index (χ2n) is 4.23. The fraction of sp³-hybridized carbons (Fsp3) is 0.333. The van der Waals surface area contributed by atoms with Crippen LogP contribution in [0.1, 0.15) is 35.8 Å². The minimum absolute atomic E-state index is 0.0507. The van der Waals surface area contributed by atoms with Crippen LogP contribution in [0, 0.1) is 0 Å². The van der Waals surface area contributed by atoms with Gasteiger partial charge in [-0.1, -0.05) is 6.92 Å². The summed E-state index contributed by atoms with van der Waals surface area (Å²) in [4.78, 5) is 37.9. The molecule has 1 atom stereocenters. The van der Waals surface area contributed by atoms with Gasteiger partial charge in [-0.25, -0.2) is 4.79 Å². The van der Waals surface area contributed by atoms with Crippen molar-refractivity contribution in [2.24, 2.45) is 0 Å². The number of carboxylic acids is 1. The lowest BCUT2D eigenvalue weighted by molar-refractivity contribution is -0.126. The fourth-order valence-electron chi connectivity index (χ4n) is 2.12. The number of carbonyl (C=O) groups excluding carboxylic acids is 2. The van der Waals surface area contributed by atoms with E-state index in [9.17, 15) is 14.4 Å². The first-order chi connectivity index (χ1) is 8.49. The van der Waals surface area contributed by atoms with Crippen molar-refractivity contribution in [3.63, 3.8) is 0 Å². The van der Waals surface area contributed by atoms with Crippen molar-refractivity contribution >= 4 is 17.8 Å². The molecular formula is C12H12N2O4. The predicted octanol–water partition coefficient (Wildman–Crippen LogP) is 0.474. The van der Waals surface area contributed by atoms with E-state index in [2.05, 4.69) is 10.3 Å². The zero-order chi connectivity index (χ0) is 13.3.